The summed E-state index contributed by atoms with van der Waals surface area (Å²) in [4.78, 5) is 2.24. The van der Waals surface area contributed by atoms with Crippen molar-refractivity contribution in [1.29, 1.82) is 0 Å². The van der Waals surface area contributed by atoms with Gasteiger partial charge in [0.05, 0.1) is 11.8 Å². The molecule has 136 valence electrons. The van der Waals surface area contributed by atoms with E-state index in [1.54, 1.807) is 7.11 Å². The van der Waals surface area contributed by atoms with E-state index in [2.05, 4.69) is 15.4 Å². The average Bonchev–Trinajstić information content (AvgIpc) is 3.10. The third-order valence-electron chi connectivity index (χ3n) is 5.67. The summed E-state index contributed by atoms with van der Waals surface area (Å²) in [5.41, 5.74) is 2.02. The largest absolute Gasteiger partial charge is 0.381 e. The summed E-state index contributed by atoms with van der Waals surface area (Å²) in [6.07, 6.45) is 4.83. The predicted octanol–water partition coefficient (Wildman–Crippen LogP) is 2.75. The van der Waals surface area contributed by atoms with Crippen LogP contribution in [-0.4, -0.2) is 54.6 Å². The topological polar surface area (TPSA) is 50.5 Å². The molecule has 2 atom stereocenters. The Balaban J connectivity index is 1.52. The molecule has 1 saturated carbocycles. The molecule has 0 radical (unpaired) electrons. The maximum Gasteiger partial charge on any atom is 0.138 e. The van der Waals surface area contributed by atoms with E-state index in [1.165, 1.54) is 0 Å². The molecule has 1 aliphatic heterocycles. The molecule has 5 nitrogen and oxygen atoms in total. The van der Waals surface area contributed by atoms with E-state index in [0.717, 1.165) is 55.8 Å². The number of hydrogen-bond acceptors (Lipinski definition) is 5. The van der Waals surface area contributed by atoms with Crippen LogP contribution in [0.4, 0.5) is 4.39 Å². The van der Waals surface area contributed by atoms with Gasteiger partial charge in [0.25, 0.3) is 0 Å². The number of likely N-dealkylation sites (tertiary alicyclic amines) is 1. The van der Waals surface area contributed by atoms with Crippen molar-refractivity contribution < 1.29 is 13.7 Å². The van der Waals surface area contributed by atoms with Crippen LogP contribution in [0.3, 0.4) is 0 Å². The fourth-order valence-corrected chi connectivity index (χ4v) is 4.06. The van der Waals surface area contributed by atoms with Gasteiger partial charge in [0.1, 0.15) is 11.9 Å². The molecule has 1 saturated heterocycles. The summed E-state index contributed by atoms with van der Waals surface area (Å²) in [6, 6.07) is 0.782. The van der Waals surface area contributed by atoms with Gasteiger partial charge < -0.3 is 14.6 Å². The molecule has 3 rings (SSSR count). The van der Waals surface area contributed by atoms with Crippen LogP contribution in [0.25, 0.3) is 0 Å². The molecule has 1 aliphatic carbocycles. The molecule has 0 aromatic carbocycles. The summed E-state index contributed by atoms with van der Waals surface area (Å²) in [6.45, 7) is 5.97. The summed E-state index contributed by atoms with van der Waals surface area (Å²) < 4.78 is 24.7. The van der Waals surface area contributed by atoms with Crippen molar-refractivity contribution in [2.75, 3.05) is 20.2 Å². The second kappa shape index (κ2) is 7.93. The van der Waals surface area contributed by atoms with E-state index in [0.29, 0.717) is 25.1 Å². The normalized spacial score (nSPS) is 31.7. The first-order valence-electron chi connectivity index (χ1n) is 9.12. The van der Waals surface area contributed by atoms with Crippen LogP contribution in [0.15, 0.2) is 4.52 Å². The lowest BCUT2D eigenvalue weighted by Crippen LogP contribution is -2.43. The van der Waals surface area contributed by atoms with E-state index >= 15 is 0 Å². The highest BCUT2D eigenvalue weighted by Gasteiger charge is 2.33. The summed E-state index contributed by atoms with van der Waals surface area (Å²) in [7, 11) is 1.80. The van der Waals surface area contributed by atoms with Gasteiger partial charge in [-0.25, -0.2) is 4.39 Å². The maximum absolute atomic E-state index is 14.0. The van der Waals surface area contributed by atoms with E-state index in [1.807, 2.05) is 13.8 Å². The van der Waals surface area contributed by atoms with E-state index in [9.17, 15) is 4.39 Å². The average molecular weight is 339 g/mol. The molecular formula is C18H30FN3O2. The zero-order valence-electron chi connectivity index (χ0n) is 15.1. The van der Waals surface area contributed by atoms with Crippen molar-refractivity contribution in [3.8, 4) is 0 Å². The highest BCUT2D eigenvalue weighted by Crippen LogP contribution is 2.26. The minimum atomic E-state index is -0.735. The van der Waals surface area contributed by atoms with Crippen LogP contribution in [0.1, 0.15) is 49.1 Å². The van der Waals surface area contributed by atoms with Crippen LogP contribution in [0.2, 0.25) is 0 Å². The molecule has 1 N–H and O–H groups in total. The van der Waals surface area contributed by atoms with Gasteiger partial charge in [-0.05, 0) is 46.0 Å². The zero-order valence-corrected chi connectivity index (χ0v) is 15.1. The molecule has 0 unspecified atom stereocenters. The van der Waals surface area contributed by atoms with Gasteiger partial charge in [0.15, 0.2) is 0 Å². The lowest BCUT2D eigenvalue weighted by molar-refractivity contribution is 0.0616. The second-order valence-electron chi connectivity index (χ2n) is 7.34. The van der Waals surface area contributed by atoms with Gasteiger partial charge >= 0.3 is 0 Å². The Morgan fingerprint density at radius 3 is 2.67 bits per heavy atom. The Labute approximate surface area is 143 Å². The smallest absolute Gasteiger partial charge is 0.138 e. The molecule has 0 bridgehead atoms. The fraction of sp³-hybridized carbons (Fsp3) is 0.833. The predicted molar refractivity (Wildman–Crippen MR) is 90.7 cm³/mol. The van der Waals surface area contributed by atoms with Crippen LogP contribution < -0.4 is 5.32 Å². The number of aromatic nitrogens is 1. The number of methoxy groups -OCH3 is 1. The number of nitrogens with one attached hydrogen (secondary N) is 1. The van der Waals surface area contributed by atoms with Crippen molar-refractivity contribution >= 4 is 0 Å². The SMILES string of the molecule is COC1CCC(NC[C@@H]2C[C@H](F)CN2Cc2c(C)noc2C)CC1. The third-order valence-corrected chi connectivity index (χ3v) is 5.67. The maximum atomic E-state index is 14.0. The van der Waals surface area contributed by atoms with Gasteiger partial charge in [-0.1, -0.05) is 5.16 Å². The van der Waals surface area contributed by atoms with Crippen molar-refractivity contribution in [2.45, 2.75) is 76.9 Å². The Kier molecular flexibility index (Phi) is 5.89. The number of aryl methyl sites for hydroxylation is 2. The van der Waals surface area contributed by atoms with E-state index in [4.69, 9.17) is 9.26 Å². The number of alkyl halides is 1. The highest BCUT2D eigenvalue weighted by molar-refractivity contribution is 5.21. The molecule has 2 aliphatic rings. The Morgan fingerprint density at radius 2 is 2.04 bits per heavy atom. The first-order valence-corrected chi connectivity index (χ1v) is 9.12. The lowest BCUT2D eigenvalue weighted by atomic mass is 9.93. The lowest BCUT2D eigenvalue weighted by Gasteiger charge is -2.31. The third kappa shape index (κ3) is 4.16. The van der Waals surface area contributed by atoms with Gasteiger partial charge in [-0.15, -0.1) is 0 Å². The molecule has 0 spiro atoms. The molecule has 0 amide bonds. The highest BCUT2D eigenvalue weighted by atomic mass is 19.1. The van der Waals surface area contributed by atoms with Crippen LogP contribution in [0.5, 0.6) is 0 Å². The van der Waals surface area contributed by atoms with Gasteiger partial charge in [0, 0.05) is 44.4 Å². The van der Waals surface area contributed by atoms with Crippen molar-refractivity contribution in [2.24, 2.45) is 0 Å². The molecule has 6 heteroatoms. The molecule has 1 aromatic heterocycles. The molecule has 2 heterocycles. The van der Waals surface area contributed by atoms with Gasteiger partial charge in [-0.3, -0.25) is 4.90 Å². The Hall–Kier alpha value is -0.980. The fourth-order valence-electron chi connectivity index (χ4n) is 4.06. The summed E-state index contributed by atoms with van der Waals surface area (Å²) >= 11 is 0. The second-order valence-corrected chi connectivity index (χ2v) is 7.34. The molecule has 2 fully saturated rings. The number of hydrogen-bond donors (Lipinski definition) is 1. The van der Waals surface area contributed by atoms with Crippen LogP contribution >= 0.6 is 0 Å². The number of rotatable bonds is 6. The number of nitrogens with zero attached hydrogens (tertiary/aromatic N) is 2. The first kappa shape index (κ1) is 17.8. The Morgan fingerprint density at radius 1 is 1.29 bits per heavy atom. The molecule has 1 aromatic rings. The minimum absolute atomic E-state index is 0.244. The summed E-state index contributed by atoms with van der Waals surface area (Å²) in [5, 5.41) is 7.68. The number of halogens is 1. The van der Waals surface area contributed by atoms with Crippen molar-refractivity contribution in [3.63, 3.8) is 0 Å². The van der Waals surface area contributed by atoms with Gasteiger partial charge in [-0.2, -0.15) is 0 Å². The van der Waals surface area contributed by atoms with Crippen molar-refractivity contribution in [1.82, 2.24) is 15.4 Å². The van der Waals surface area contributed by atoms with Crippen molar-refractivity contribution in [3.05, 3.63) is 17.0 Å². The quantitative estimate of drug-likeness (QED) is 0.864. The van der Waals surface area contributed by atoms with Crippen LogP contribution in [0, 0.1) is 13.8 Å². The summed E-state index contributed by atoms with van der Waals surface area (Å²) in [5.74, 6) is 0.847. The van der Waals surface area contributed by atoms with Gasteiger partial charge in [0.2, 0.25) is 0 Å². The molecular weight excluding hydrogens is 309 g/mol. The standard InChI is InChI=1S/C18H30FN3O2/c1-12-18(13(2)24-21-12)11-22-10-14(19)8-16(22)9-20-15-4-6-17(23-3)7-5-15/h14-17,20H,4-11H2,1-3H3/t14-,15?,16-,17?/m0/s1. The Bertz CT molecular complexity index is 509. The van der Waals surface area contributed by atoms with E-state index in [-0.39, 0.29) is 6.04 Å². The van der Waals surface area contributed by atoms with E-state index < -0.39 is 6.17 Å². The molecule has 24 heavy (non-hydrogen) atoms. The monoisotopic (exact) mass is 339 g/mol. The first-order chi connectivity index (χ1) is 11.6. The number of ether oxygens (including phenoxy) is 1. The zero-order chi connectivity index (χ0) is 17.1. The van der Waals surface area contributed by atoms with Crippen LogP contribution in [-0.2, 0) is 11.3 Å². The minimum Gasteiger partial charge on any atom is -0.381 e.